The molecule has 6 heteroatoms. The lowest BCUT2D eigenvalue weighted by atomic mass is 9.83. The molecule has 0 bridgehead atoms. The van der Waals surface area contributed by atoms with Crippen LogP contribution in [-0.4, -0.2) is 27.4 Å². The lowest BCUT2D eigenvalue weighted by Crippen LogP contribution is -2.34. The Morgan fingerprint density at radius 1 is 1.18 bits per heavy atom. The van der Waals surface area contributed by atoms with Crippen molar-refractivity contribution in [2.24, 2.45) is 0 Å². The highest BCUT2D eigenvalue weighted by Crippen LogP contribution is 2.03. The Balaban J connectivity index is 1.88. The van der Waals surface area contributed by atoms with E-state index in [1.807, 2.05) is 30.3 Å². The Labute approximate surface area is 99.2 Å². The minimum atomic E-state index is -1.55. The second-order valence-corrected chi connectivity index (χ2v) is 3.66. The third kappa shape index (κ3) is 3.16. The number of ether oxygens (including phenoxy) is 1. The van der Waals surface area contributed by atoms with Crippen LogP contribution < -0.4 is 5.59 Å². The van der Waals surface area contributed by atoms with Crippen LogP contribution >= 0.6 is 0 Å². The van der Waals surface area contributed by atoms with E-state index in [0.717, 1.165) is 5.56 Å². The van der Waals surface area contributed by atoms with Gasteiger partial charge >= 0.3 is 7.12 Å². The summed E-state index contributed by atoms with van der Waals surface area (Å²) in [6.07, 6.45) is 1.53. The van der Waals surface area contributed by atoms with Crippen molar-refractivity contribution >= 4 is 12.7 Å². The molecule has 0 aliphatic rings. The first kappa shape index (κ1) is 11.8. The third-order valence-corrected chi connectivity index (χ3v) is 2.38. The molecule has 1 heterocycles. The van der Waals surface area contributed by atoms with Crippen molar-refractivity contribution in [3.63, 3.8) is 0 Å². The van der Waals surface area contributed by atoms with Crippen molar-refractivity contribution in [2.75, 3.05) is 0 Å². The van der Waals surface area contributed by atoms with E-state index in [2.05, 4.69) is 10.2 Å². The first-order valence-corrected chi connectivity index (χ1v) is 5.27. The number of aromatic amines is 1. The van der Waals surface area contributed by atoms with Crippen LogP contribution in [0.25, 0.3) is 0 Å². The molecular formula is C11H13BN2O3. The molecule has 2 rings (SSSR count). The van der Waals surface area contributed by atoms with Gasteiger partial charge in [0.05, 0.1) is 25.0 Å². The van der Waals surface area contributed by atoms with Gasteiger partial charge in [0.25, 0.3) is 0 Å². The number of nitrogens with zero attached hydrogens (tertiary/aromatic N) is 1. The van der Waals surface area contributed by atoms with E-state index in [4.69, 9.17) is 14.8 Å². The summed E-state index contributed by atoms with van der Waals surface area (Å²) in [7, 11) is -1.55. The highest BCUT2D eigenvalue weighted by atomic mass is 16.5. The maximum atomic E-state index is 9.04. The van der Waals surface area contributed by atoms with Crippen LogP contribution in [0.3, 0.4) is 0 Å². The second-order valence-electron chi connectivity index (χ2n) is 3.66. The Morgan fingerprint density at radius 3 is 2.65 bits per heavy atom. The SMILES string of the molecule is OB(O)c1[nH]ncc1COCc1ccccc1. The van der Waals surface area contributed by atoms with Gasteiger partial charge < -0.3 is 14.8 Å². The molecule has 0 radical (unpaired) electrons. The standard InChI is InChI=1S/C11H13BN2O3/c15-12(16)11-10(6-13-14-11)8-17-7-9-4-2-1-3-5-9/h1-6,15-16H,7-8H2,(H,13,14). The highest BCUT2D eigenvalue weighted by molar-refractivity contribution is 6.58. The van der Waals surface area contributed by atoms with E-state index >= 15 is 0 Å². The topological polar surface area (TPSA) is 78.4 Å². The number of hydrogen-bond donors (Lipinski definition) is 3. The van der Waals surface area contributed by atoms with Crippen molar-refractivity contribution < 1.29 is 14.8 Å². The van der Waals surface area contributed by atoms with Gasteiger partial charge in [-0.05, 0) is 5.56 Å². The molecule has 0 aliphatic heterocycles. The Hall–Kier alpha value is -1.63. The average molecular weight is 232 g/mol. The van der Waals surface area contributed by atoms with Gasteiger partial charge in [-0.15, -0.1) is 0 Å². The van der Waals surface area contributed by atoms with E-state index in [-0.39, 0.29) is 5.59 Å². The number of nitrogens with one attached hydrogen (secondary N) is 1. The minimum Gasteiger partial charge on any atom is -0.422 e. The smallest absolute Gasteiger partial charge is 0.422 e. The molecule has 0 amide bonds. The number of H-pyrrole nitrogens is 1. The lowest BCUT2D eigenvalue weighted by Gasteiger charge is -2.04. The number of rotatable bonds is 5. The van der Waals surface area contributed by atoms with Crippen molar-refractivity contribution in [1.29, 1.82) is 0 Å². The van der Waals surface area contributed by atoms with E-state index in [0.29, 0.717) is 18.8 Å². The molecular weight excluding hydrogens is 219 g/mol. The van der Waals surface area contributed by atoms with Crippen LogP contribution in [0.5, 0.6) is 0 Å². The number of aromatic nitrogens is 2. The molecule has 0 saturated heterocycles. The quantitative estimate of drug-likeness (QED) is 0.624. The summed E-state index contributed by atoms with van der Waals surface area (Å²) in [6.45, 7) is 0.769. The van der Waals surface area contributed by atoms with Crippen LogP contribution in [0.4, 0.5) is 0 Å². The maximum absolute atomic E-state index is 9.04. The molecule has 0 unspecified atom stereocenters. The molecule has 0 aliphatic carbocycles. The first-order chi connectivity index (χ1) is 8.27. The van der Waals surface area contributed by atoms with E-state index in [9.17, 15) is 0 Å². The summed E-state index contributed by atoms with van der Waals surface area (Å²) in [4.78, 5) is 0. The van der Waals surface area contributed by atoms with E-state index in [1.54, 1.807) is 0 Å². The maximum Gasteiger partial charge on any atom is 0.507 e. The Bertz CT molecular complexity index is 459. The van der Waals surface area contributed by atoms with Crippen molar-refractivity contribution in [3.05, 3.63) is 47.7 Å². The monoisotopic (exact) mass is 232 g/mol. The predicted molar refractivity (Wildman–Crippen MR) is 63.3 cm³/mol. The van der Waals surface area contributed by atoms with Crippen LogP contribution in [0.1, 0.15) is 11.1 Å². The molecule has 1 aromatic carbocycles. The molecule has 0 saturated carbocycles. The fourth-order valence-electron chi connectivity index (χ4n) is 1.51. The Morgan fingerprint density at radius 2 is 1.94 bits per heavy atom. The zero-order valence-corrected chi connectivity index (χ0v) is 9.21. The molecule has 5 nitrogen and oxygen atoms in total. The van der Waals surface area contributed by atoms with Crippen molar-refractivity contribution in [3.8, 4) is 0 Å². The summed E-state index contributed by atoms with van der Waals surface area (Å²) < 4.78 is 5.47. The summed E-state index contributed by atoms with van der Waals surface area (Å²) in [5.41, 5.74) is 2.00. The molecule has 2 aromatic rings. The lowest BCUT2D eigenvalue weighted by molar-refractivity contribution is 0.107. The molecule has 17 heavy (non-hydrogen) atoms. The molecule has 0 fully saturated rings. The zero-order chi connectivity index (χ0) is 12.1. The Kier molecular flexibility index (Phi) is 3.92. The van der Waals surface area contributed by atoms with Crippen molar-refractivity contribution in [1.82, 2.24) is 10.2 Å². The largest absolute Gasteiger partial charge is 0.507 e. The fraction of sp³-hybridized carbons (Fsp3) is 0.182. The normalized spacial score (nSPS) is 10.5. The third-order valence-electron chi connectivity index (χ3n) is 2.38. The van der Waals surface area contributed by atoms with Crippen LogP contribution in [0, 0.1) is 0 Å². The number of benzene rings is 1. The van der Waals surface area contributed by atoms with Gasteiger partial charge in [0, 0.05) is 5.56 Å². The van der Waals surface area contributed by atoms with Gasteiger partial charge in [-0.3, -0.25) is 5.10 Å². The van der Waals surface area contributed by atoms with Gasteiger partial charge in [-0.2, -0.15) is 5.10 Å². The van der Waals surface area contributed by atoms with Crippen molar-refractivity contribution in [2.45, 2.75) is 13.2 Å². The fourth-order valence-corrected chi connectivity index (χ4v) is 1.51. The number of hydrogen-bond acceptors (Lipinski definition) is 4. The van der Waals surface area contributed by atoms with Gasteiger partial charge in [0.15, 0.2) is 0 Å². The molecule has 3 N–H and O–H groups in total. The predicted octanol–water partition coefficient (Wildman–Crippen LogP) is -0.194. The highest BCUT2D eigenvalue weighted by Gasteiger charge is 2.17. The molecule has 0 atom stereocenters. The molecule has 88 valence electrons. The first-order valence-electron chi connectivity index (χ1n) is 5.27. The van der Waals surface area contributed by atoms with Crippen LogP contribution in [0.15, 0.2) is 36.5 Å². The van der Waals surface area contributed by atoms with Crippen LogP contribution in [0.2, 0.25) is 0 Å². The van der Waals surface area contributed by atoms with Gasteiger partial charge in [0.1, 0.15) is 0 Å². The van der Waals surface area contributed by atoms with Crippen LogP contribution in [-0.2, 0) is 18.0 Å². The zero-order valence-electron chi connectivity index (χ0n) is 9.21. The molecule has 1 aromatic heterocycles. The van der Waals surface area contributed by atoms with E-state index < -0.39 is 7.12 Å². The summed E-state index contributed by atoms with van der Waals surface area (Å²) in [6, 6.07) is 9.77. The van der Waals surface area contributed by atoms with E-state index in [1.165, 1.54) is 6.20 Å². The summed E-state index contributed by atoms with van der Waals surface area (Å²) in [5, 5.41) is 24.3. The molecule has 0 spiro atoms. The summed E-state index contributed by atoms with van der Waals surface area (Å²) >= 11 is 0. The second kappa shape index (κ2) is 5.63. The minimum absolute atomic E-state index is 0.276. The van der Waals surface area contributed by atoms with Gasteiger partial charge in [-0.1, -0.05) is 30.3 Å². The summed E-state index contributed by atoms with van der Waals surface area (Å²) in [5.74, 6) is 0. The average Bonchev–Trinajstić information content (AvgIpc) is 2.79. The van der Waals surface area contributed by atoms with Gasteiger partial charge in [0.2, 0.25) is 0 Å². The van der Waals surface area contributed by atoms with Gasteiger partial charge in [-0.25, -0.2) is 0 Å².